The molecule has 0 unspecified atom stereocenters. The van der Waals surface area contributed by atoms with Gasteiger partial charge in [0.2, 0.25) is 0 Å². The number of aromatic nitrogens is 2. The molecule has 0 aliphatic rings. The molecule has 220 valence electrons. The minimum Gasteiger partial charge on any atom is -0.244 e. The van der Waals surface area contributed by atoms with Gasteiger partial charge in [0, 0.05) is 31.3 Å². The third-order valence-corrected chi connectivity index (χ3v) is 10.0. The number of benzene rings is 7. The van der Waals surface area contributed by atoms with Crippen molar-refractivity contribution in [3.05, 3.63) is 170 Å². The van der Waals surface area contributed by atoms with Crippen molar-refractivity contribution < 1.29 is 0 Å². The Hall–Kier alpha value is -5.90. The highest BCUT2D eigenvalue weighted by Gasteiger charge is 2.16. The highest BCUT2D eigenvalue weighted by molar-refractivity contribution is 7.25. The molecule has 0 N–H and O–H groups in total. The van der Waals surface area contributed by atoms with Gasteiger partial charge < -0.3 is 0 Å². The summed E-state index contributed by atoms with van der Waals surface area (Å²) >= 11 is 1.85. The second kappa shape index (κ2) is 11.5. The van der Waals surface area contributed by atoms with Gasteiger partial charge in [-0.25, -0.2) is 9.97 Å². The van der Waals surface area contributed by atoms with Crippen molar-refractivity contribution in [2.24, 2.45) is 0 Å². The summed E-state index contributed by atoms with van der Waals surface area (Å²) in [5.74, 6) is 0. The molecule has 2 nitrogen and oxygen atoms in total. The fourth-order valence-corrected chi connectivity index (χ4v) is 7.71. The van der Waals surface area contributed by atoms with Crippen molar-refractivity contribution in [2.45, 2.75) is 0 Å². The molecule has 0 amide bonds. The van der Waals surface area contributed by atoms with Crippen LogP contribution in [0.3, 0.4) is 0 Å². The predicted molar refractivity (Wildman–Crippen MR) is 200 cm³/mol. The predicted octanol–water partition coefficient (Wildman–Crippen LogP) is 12.3. The van der Waals surface area contributed by atoms with Crippen LogP contribution in [0, 0.1) is 0 Å². The summed E-state index contributed by atoms with van der Waals surface area (Å²) in [5, 5.41) is 2.63. The van der Waals surface area contributed by atoms with E-state index in [-0.39, 0.29) is 0 Å². The topological polar surface area (TPSA) is 25.8 Å². The van der Waals surface area contributed by atoms with Crippen LogP contribution in [0.2, 0.25) is 0 Å². The van der Waals surface area contributed by atoms with Crippen molar-refractivity contribution >= 4 is 42.5 Å². The molecule has 47 heavy (non-hydrogen) atoms. The molecule has 0 saturated heterocycles. The van der Waals surface area contributed by atoms with Crippen LogP contribution in [0.5, 0.6) is 0 Å². The van der Waals surface area contributed by atoms with Crippen molar-refractivity contribution in [1.82, 2.24) is 9.97 Å². The lowest BCUT2D eigenvalue weighted by molar-refractivity contribution is 1.29. The van der Waals surface area contributed by atoms with Gasteiger partial charge in [-0.1, -0.05) is 133 Å². The van der Waals surface area contributed by atoms with Crippen LogP contribution < -0.4 is 0 Å². The molecule has 0 aliphatic carbocycles. The molecule has 0 bridgehead atoms. The molecule has 3 heteroatoms. The van der Waals surface area contributed by atoms with E-state index in [2.05, 4.69) is 146 Å². The molecule has 9 rings (SSSR count). The maximum Gasteiger partial charge on any atom is 0.0973 e. The van der Waals surface area contributed by atoms with Gasteiger partial charge in [0.05, 0.1) is 22.4 Å². The first-order valence-corrected chi connectivity index (χ1v) is 16.6. The van der Waals surface area contributed by atoms with E-state index >= 15 is 0 Å². The highest BCUT2D eigenvalue weighted by atomic mass is 32.1. The van der Waals surface area contributed by atoms with Gasteiger partial charge in [-0.2, -0.15) is 0 Å². The number of hydrogen-bond donors (Lipinski definition) is 0. The number of thiophene rings is 1. The zero-order valence-corrected chi connectivity index (χ0v) is 26.3. The summed E-state index contributed by atoms with van der Waals surface area (Å²) in [6, 6.07) is 60.2. The zero-order chi connectivity index (χ0) is 31.2. The van der Waals surface area contributed by atoms with Gasteiger partial charge in [0.15, 0.2) is 0 Å². The first kappa shape index (κ1) is 27.4. The lowest BCUT2D eigenvalue weighted by Gasteiger charge is -2.13. The van der Waals surface area contributed by atoms with E-state index in [1.54, 1.807) is 0 Å². The average Bonchev–Trinajstić information content (AvgIpc) is 3.54. The molecule has 0 aliphatic heterocycles. The van der Waals surface area contributed by atoms with Crippen LogP contribution in [-0.4, -0.2) is 9.97 Å². The second-order valence-corrected chi connectivity index (χ2v) is 12.9. The molecule has 0 atom stereocenters. The molecular weight excluding hydrogens is 589 g/mol. The van der Waals surface area contributed by atoms with Crippen molar-refractivity contribution in [2.75, 3.05) is 0 Å². The molecule has 9 aromatic rings. The lowest BCUT2D eigenvalue weighted by atomic mass is 9.95. The van der Waals surface area contributed by atoms with E-state index in [0.717, 1.165) is 39.1 Å². The molecule has 0 spiro atoms. The van der Waals surface area contributed by atoms with Crippen molar-refractivity contribution in [3.63, 3.8) is 0 Å². The Morgan fingerprint density at radius 2 is 0.851 bits per heavy atom. The normalized spacial score (nSPS) is 11.4. The zero-order valence-electron chi connectivity index (χ0n) is 25.5. The lowest BCUT2D eigenvalue weighted by Crippen LogP contribution is -1.96. The molecule has 2 aromatic heterocycles. The van der Waals surface area contributed by atoms with E-state index in [4.69, 9.17) is 9.97 Å². The third-order valence-electron chi connectivity index (χ3n) is 8.88. The Bertz CT molecular complexity index is 2560. The summed E-state index contributed by atoms with van der Waals surface area (Å²) in [6.45, 7) is 0. The van der Waals surface area contributed by atoms with E-state index in [1.165, 1.54) is 48.0 Å². The number of hydrogen-bond acceptors (Lipinski definition) is 3. The molecule has 0 saturated carbocycles. The molecule has 0 fully saturated rings. The quantitative estimate of drug-likeness (QED) is 0.192. The molecule has 0 radical (unpaired) electrons. The fraction of sp³-hybridized carbons (Fsp3) is 0. The maximum absolute atomic E-state index is 5.21. The Morgan fingerprint density at radius 1 is 0.340 bits per heavy atom. The van der Waals surface area contributed by atoms with Gasteiger partial charge >= 0.3 is 0 Å². The van der Waals surface area contributed by atoms with E-state index < -0.39 is 0 Å². The van der Waals surface area contributed by atoms with E-state index in [0.29, 0.717) is 0 Å². The highest BCUT2D eigenvalue weighted by Crippen LogP contribution is 2.41. The van der Waals surface area contributed by atoms with E-state index in [9.17, 15) is 0 Å². The maximum atomic E-state index is 5.21. The number of nitrogens with zero attached hydrogens (tertiary/aromatic N) is 2. The Labute approximate surface area is 277 Å². The smallest absolute Gasteiger partial charge is 0.0973 e. The van der Waals surface area contributed by atoms with Gasteiger partial charge in [0.1, 0.15) is 0 Å². The molecule has 7 aromatic carbocycles. The van der Waals surface area contributed by atoms with Crippen LogP contribution in [0.15, 0.2) is 170 Å². The van der Waals surface area contributed by atoms with Crippen LogP contribution in [0.4, 0.5) is 0 Å². The van der Waals surface area contributed by atoms with Crippen molar-refractivity contribution in [1.29, 1.82) is 0 Å². The fourth-order valence-electron chi connectivity index (χ4n) is 6.58. The summed E-state index contributed by atoms with van der Waals surface area (Å²) in [6.07, 6.45) is 0. The van der Waals surface area contributed by atoms with Gasteiger partial charge in [-0.05, 0) is 69.8 Å². The van der Waals surface area contributed by atoms with Crippen LogP contribution in [0.25, 0.3) is 87.1 Å². The molecule has 2 heterocycles. The SMILES string of the molecule is c1ccc(-c2cccc(-c3cccc(-c4nc5ccccc5nc4-c4ccc(-c5cccc6sc7ccccc7c56)cc4)c3)c2)cc1. The summed E-state index contributed by atoms with van der Waals surface area (Å²) in [7, 11) is 0. The third kappa shape index (κ3) is 4.98. The number of fused-ring (bicyclic) bond motifs is 4. The Kier molecular flexibility index (Phi) is 6.69. The Morgan fingerprint density at radius 3 is 1.60 bits per heavy atom. The minimum atomic E-state index is 0.878. The summed E-state index contributed by atoms with van der Waals surface area (Å²) < 4.78 is 2.63. The second-order valence-electron chi connectivity index (χ2n) is 11.8. The van der Waals surface area contributed by atoms with Crippen LogP contribution >= 0.6 is 11.3 Å². The monoisotopic (exact) mass is 616 g/mol. The summed E-state index contributed by atoms with van der Waals surface area (Å²) in [4.78, 5) is 10.4. The van der Waals surface area contributed by atoms with Crippen LogP contribution in [0.1, 0.15) is 0 Å². The van der Waals surface area contributed by atoms with E-state index in [1.807, 2.05) is 35.6 Å². The Balaban J connectivity index is 1.15. The number of para-hydroxylation sites is 2. The summed E-state index contributed by atoms with van der Waals surface area (Å²) in [5.41, 5.74) is 12.8. The first-order valence-electron chi connectivity index (χ1n) is 15.8. The van der Waals surface area contributed by atoms with Crippen molar-refractivity contribution in [3.8, 4) is 55.9 Å². The van der Waals surface area contributed by atoms with Crippen LogP contribution in [-0.2, 0) is 0 Å². The standard InChI is InChI=1S/C44H28N2S/c1-2-11-29(12-3-1)32-13-8-14-33(27-32)34-15-9-16-35(28-34)44-43(45-38-19-5-6-20-39(38)46-44)31-25-23-30(24-26-31)36-18-10-22-41-42(36)37-17-4-7-21-40(37)47-41/h1-28H. The first-order chi connectivity index (χ1) is 23.3. The minimum absolute atomic E-state index is 0.878. The van der Waals surface area contributed by atoms with Gasteiger partial charge in [-0.3, -0.25) is 0 Å². The van der Waals surface area contributed by atoms with Gasteiger partial charge in [0.25, 0.3) is 0 Å². The molecular formula is C44H28N2S. The average molecular weight is 617 g/mol. The van der Waals surface area contributed by atoms with Gasteiger partial charge in [-0.15, -0.1) is 11.3 Å². The number of rotatable bonds is 5. The largest absolute Gasteiger partial charge is 0.244 e.